The monoisotopic (exact) mass is 652 g/mol. The maximum atomic E-state index is 12.7. The van der Waals surface area contributed by atoms with Crippen molar-refractivity contribution in [1.82, 2.24) is 20.6 Å². The van der Waals surface area contributed by atoms with Crippen LogP contribution in [0, 0.1) is 0 Å². The average molecular weight is 653 g/mol. The Balaban J connectivity index is 1.05. The molecule has 0 aliphatic carbocycles. The van der Waals surface area contributed by atoms with E-state index < -0.39 is 24.2 Å². The van der Waals surface area contributed by atoms with Crippen LogP contribution in [0.1, 0.15) is 57.6 Å². The van der Waals surface area contributed by atoms with Gasteiger partial charge in [0.15, 0.2) is 0 Å². The van der Waals surface area contributed by atoms with Gasteiger partial charge in [-0.15, -0.1) is 0 Å². The summed E-state index contributed by atoms with van der Waals surface area (Å²) in [7, 11) is 0. The molecule has 2 aromatic heterocycles. The highest BCUT2D eigenvalue weighted by Crippen LogP contribution is 2.29. The number of carbonyl (C=O) groups excluding carboxylic acids is 1. The molecule has 48 heavy (non-hydrogen) atoms. The Kier molecular flexibility index (Phi) is 11.4. The molecule has 0 spiro atoms. The van der Waals surface area contributed by atoms with Crippen molar-refractivity contribution in [2.75, 3.05) is 19.7 Å². The molecule has 0 saturated heterocycles. The standard InChI is InChI=1S/C36H36N4O8/c41-30-13-11-28(29-12-14-32(43)39-34(29)30)31(42)21-37-15-4-5-16-47-35(44)26-17-23(19-38-20-26)22-48-27-10-6-9-25(18-27)33(40-36(45)46)24-7-2-1-3-8-24/h1-3,6-14,17-20,31,33,37,40-42H,4-5,15-16,21-22H2,(H,39,43)(H,45,46)/t31-,33-/m0/s1. The van der Waals surface area contributed by atoms with E-state index in [0.29, 0.717) is 52.8 Å². The predicted octanol–water partition coefficient (Wildman–Crippen LogP) is 4.82. The van der Waals surface area contributed by atoms with Crippen molar-refractivity contribution in [3.63, 3.8) is 0 Å². The number of unbranched alkanes of at least 4 members (excludes halogenated alkanes) is 1. The molecule has 2 heterocycles. The lowest BCUT2D eigenvalue weighted by molar-refractivity contribution is 0.0497. The van der Waals surface area contributed by atoms with Crippen molar-refractivity contribution in [3.8, 4) is 11.5 Å². The fourth-order valence-electron chi connectivity index (χ4n) is 5.26. The van der Waals surface area contributed by atoms with Gasteiger partial charge in [-0.1, -0.05) is 48.5 Å². The number of aromatic hydroxyl groups is 1. The summed E-state index contributed by atoms with van der Waals surface area (Å²) in [5.41, 5.74) is 2.99. The van der Waals surface area contributed by atoms with Crippen molar-refractivity contribution < 1.29 is 34.4 Å². The van der Waals surface area contributed by atoms with Gasteiger partial charge < -0.3 is 40.4 Å². The smallest absolute Gasteiger partial charge is 0.405 e. The third-order valence-electron chi connectivity index (χ3n) is 7.61. The minimum Gasteiger partial charge on any atom is -0.506 e. The Labute approximate surface area is 276 Å². The minimum atomic E-state index is -1.14. The number of H-pyrrole nitrogens is 1. The van der Waals surface area contributed by atoms with Crippen LogP contribution in [0.5, 0.6) is 11.5 Å². The zero-order valence-corrected chi connectivity index (χ0v) is 26.0. The summed E-state index contributed by atoms with van der Waals surface area (Å²) in [6.07, 6.45) is 2.33. The Morgan fingerprint density at radius 1 is 0.917 bits per heavy atom. The zero-order valence-electron chi connectivity index (χ0n) is 26.0. The SMILES string of the molecule is O=C(O)N[C@@H](c1ccccc1)c1cccc(OCc2cncc(C(=O)OCCCCNC[C@H](O)c3ccc(O)c4[nH]c(=O)ccc34)c2)c1. The highest BCUT2D eigenvalue weighted by Gasteiger charge is 2.17. The van der Waals surface area contributed by atoms with E-state index in [9.17, 15) is 29.7 Å². The number of ether oxygens (including phenoxy) is 2. The summed E-state index contributed by atoms with van der Waals surface area (Å²) in [6, 6.07) is 23.5. The van der Waals surface area contributed by atoms with Gasteiger partial charge in [0.25, 0.3) is 0 Å². The first-order valence-electron chi connectivity index (χ1n) is 15.4. The number of carboxylic acid groups (broad SMARTS) is 1. The van der Waals surface area contributed by atoms with E-state index in [-0.39, 0.29) is 36.6 Å². The van der Waals surface area contributed by atoms with E-state index in [1.807, 2.05) is 36.4 Å². The van der Waals surface area contributed by atoms with E-state index in [4.69, 9.17) is 9.47 Å². The van der Waals surface area contributed by atoms with Crippen LogP contribution in [0.15, 0.2) is 102 Å². The third kappa shape index (κ3) is 8.96. The number of esters is 1. The quantitative estimate of drug-likeness (QED) is 0.0677. The molecule has 5 rings (SSSR count). The molecule has 248 valence electrons. The largest absolute Gasteiger partial charge is 0.506 e. The van der Waals surface area contributed by atoms with E-state index in [0.717, 1.165) is 5.56 Å². The van der Waals surface area contributed by atoms with E-state index in [1.54, 1.807) is 42.6 Å². The van der Waals surface area contributed by atoms with Gasteiger partial charge in [-0.05, 0) is 66.4 Å². The van der Waals surface area contributed by atoms with E-state index >= 15 is 0 Å². The van der Waals surface area contributed by atoms with E-state index in [1.165, 1.54) is 18.3 Å². The maximum Gasteiger partial charge on any atom is 0.405 e. The second-order valence-corrected chi connectivity index (χ2v) is 11.1. The Hall–Kier alpha value is -5.72. The first-order chi connectivity index (χ1) is 23.3. The Morgan fingerprint density at radius 2 is 1.73 bits per heavy atom. The number of hydrogen-bond donors (Lipinski definition) is 6. The molecular formula is C36H36N4O8. The predicted molar refractivity (Wildman–Crippen MR) is 178 cm³/mol. The summed E-state index contributed by atoms with van der Waals surface area (Å²) < 4.78 is 11.4. The molecule has 12 heteroatoms. The second kappa shape index (κ2) is 16.2. The number of nitrogens with zero attached hydrogens (tertiary/aromatic N) is 1. The summed E-state index contributed by atoms with van der Waals surface area (Å²) in [4.78, 5) is 42.5. The number of pyridine rings is 2. The van der Waals surface area contributed by atoms with Crippen LogP contribution < -0.4 is 20.9 Å². The molecule has 5 aromatic rings. The lowest BCUT2D eigenvalue weighted by Gasteiger charge is -2.19. The molecule has 0 saturated carbocycles. The number of nitrogens with one attached hydrogen (secondary N) is 3. The van der Waals surface area contributed by atoms with Crippen LogP contribution in [-0.4, -0.2) is 57.0 Å². The molecule has 3 aromatic carbocycles. The van der Waals surface area contributed by atoms with Gasteiger partial charge in [0.2, 0.25) is 5.56 Å². The number of fused-ring (bicyclic) bond motifs is 1. The number of aromatic nitrogens is 2. The van der Waals surface area contributed by atoms with Crippen molar-refractivity contribution in [3.05, 3.63) is 135 Å². The van der Waals surface area contributed by atoms with Gasteiger partial charge >= 0.3 is 12.1 Å². The highest BCUT2D eigenvalue weighted by atomic mass is 16.5. The fraction of sp³-hybridized carbons (Fsp3) is 0.222. The lowest BCUT2D eigenvalue weighted by atomic mass is 9.98. The van der Waals surface area contributed by atoms with Crippen LogP contribution in [0.4, 0.5) is 4.79 Å². The fourth-order valence-corrected chi connectivity index (χ4v) is 5.26. The number of rotatable bonds is 15. The average Bonchev–Trinajstić information content (AvgIpc) is 3.10. The summed E-state index contributed by atoms with van der Waals surface area (Å²) in [5.74, 6) is -0.0377. The summed E-state index contributed by atoms with van der Waals surface area (Å²) >= 11 is 0. The second-order valence-electron chi connectivity index (χ2n) is 11.1. The normalized spacial score (nSPS) is 12.3. The first-order valence-corrected chi connectivity index (χ1v) is 15.4. The van der Waals surface area contributed by atoms with Crippen LogP contribution in [-0.2, 0) is 11.3 Å². The van der Waals surface area contributed by atoms with Crippen LogP contribution in [0.3, 0.4) is 0 Å². The topological polar surface area (TPSA) is 183 Å². The van der Waals surface area contributed by atoms with Crippen LogP contribution in [0.25, 0.3) is 10.9 Å². The van der Waals surface area contributed by atoms with Gasteiger partial charge in [0, 0.05) is 36.0 Å². The molecule has 0 radical (unpaired) electrons. The van der Waals surface area contributed by atoms with Crippen molar-refractivity contribution in [2.45, 2.75) is 31.6 Å². The van der Waals surface area contributed by atoms with Gasteiger partial charge in [-0.2, -0.15) is 0 Å². The molecule has 2 atom stereocenters. The van der Waals surface area contributed by atoms with Crippen molar-refractivity contribution in [2.24, 2.45) is 0 Å². The number of phenols is 1. The molecule has 0 unspecified atom stereocenters. The molecule has 0 bridgehead atoms. The molecule has 6 N–H and O–H groups in total. The summed E-state index contributed by atoms with van der Waals surface area (Å²) in [6.45, 7) is 1.18. The number of benzene rings is 3. The first kappa shape index (κ1) is 33.6. The molecular weight excluding hydrogens is 616 g/mol. The van der Waals surface area contributed by atoms with Crippen LogP contribution >= 0.6 is 0 Å². The molecule has 0 aliphatic rings. The third-order valence-corrected chi connectivity index (χ3v) is 7.61. The number of phenolic OH excluding ortho intramolecular Hbond substituents is 1. The number of hydrogen-bond acceptors (Lipinski definition) is 9. The molecule has 1 amide bonds. The number of carbonyl (C=O) groups is 2. The zero-order chi connectivity index (χ0) is 33.9. The van der Waals surface area contributed by atoms with Gasteiger partial charge in [-0.25, -0.2) is 9.59 Å². The minimum absolute atomic E-state index is 0.0654. The number of aliphatic hydroxyl groups excluding tert-OH is 1. The van der Waals surface area contributed by atoms with Gasteiger partial charge in [0.1, 0.15) is 18.1 Å². The number of amides is 1. The maximum absolute atomic E-state index is 12.7. The number of aliphatic hydroxyl groups is 1. The van der Waals surface area contributed by atoms with Crippen LogP contribution in [0.2, 0.25) is 0 Å². The van der Waals surface area contributed by atoms with Gasteiger partial charge in [-0.3, -0.25) is 9.78 Å². The van der Waals surface area contributed by atoms with Crippen molar-refractivity contribution in [1.29, 1.82) is 0 Å². The molecule has 12 nitrogen and oxygen atoms in total. The summed E-state index contributed by atoms with van der Waals surface area (Å²) in [5, 5.41) is 36.4. The Bertz CT molecular complexity index is 1910. The Morgan fingerprint density at radius 3 is 2.54 bits per heavy atom. The highest BCUT2D eigenvalue weighted by molar-refractivity contribution is 5.89. The van der Waals surface area contributed by atoms with Gasteiger partial charge in [0.05, 0.1) is 29.8 Å². The molecule has 0 fully saturated rings. The number of aromatic amines is 1. The molecule has 0 aliphatic heterocycles. The lowest BCUT2D eigenvalue weighted by Crippen LogP contribution is -2.27. The van der Waals surface area contributed by atoms with E-state index in [2.05, 4.69) is 20.6 Å². The van der Waals surface area contributed by atoms with Crippen molar-refractivity contribution >= 4 is 23.0 Å².